The summed E-state index contributed by atoms with van der Waals surface area (Å²) in [5.41, 5.74) is 6.75. The van der Waals surface area contributed by atoms with Crippen molar-refractivity contribution in [3.05, 3.63) is 40.7 Å². The van der Waals surface area contributed by atoms with E-state index in [0.717, 1.165) is 18.7 Å². The minimum atomic E-state index is -0.0138. The first-order valence-corrected chi connectivity index (χ1v) is 8.47. The number of aromatic nitrogens is 1. The number of hydrogen-bond acceptors (Lipinski definition) is 6. The van der Waals surface area contributed by atoms with Crippen LogP contribution in [0.3, 0.4) is 0 Å². The monoisotopic (exact) mass is 323 g/mol. The van der Waals surface area contributed by atoms with Crippen LogP contribution in [0.15, 0.2) is 35.8 Å². The van der Waals surface area contributed by atoms with Crippen LogP contribution in [-0.2, 0) is 0 Å². The van der Waals surface area contributed by atoms with Gasteiger partial charge in [-0.1, -0.05) is 6.07 Å². The third-order valence-electron chi connectivity index (χ3n) is 3.07. The Morgan fingerprint density at radius 2 is 2.29 bits per heavy atom. The zero-order valence-electron chi connectivity index (χ0n) is 12.0. The molecule has 0 aliphatic carbocycles. The van der Waals surface area contributed by atoms with Gasteiger partial charge in [0, 0.05) is 29.4 Å². The Balaban J connectivity index is 1.96. The first-order valence-electron chi connectivity index (χ1n) is 6.96. The standard InChI is InChI=1S/C15H21N3OS2/c1-11(14-5-3-9-21-14)19-15-13(4-2-7-18-15)17-8-6-12(16)10-20/h2-5,7,9,11-12,17,20H,6,8,10,16H2,1H3. The molecule has 0 fully saturated rings. The van der Waals surface area contributed by atoms with E-state index in [1.54, 1.807) is 17.5 Å². The lowest BCUT2D eigenvalue weighted by Crippen LogP contribution is -2.25. The molecule has 0 bridgehead atoms. The Morgan fingerprint density at radius 3 is 3.00 bits per heavy atom. The lowest BCUT2D eigenvalue weighted by molar-refractivity contribution is 0.222. The van der Waals surface area contributed by atoms with Gasteiger partial charge in [-0.05, 0) is 36.9 Å². The molecule has 2 unspecified atom stereocenters. The predicted octanol–water partition coefficient (Wildman–Crippen LogP) is 3.34. The van der Waals surface area contributed by atoms with Crippen LogP contribution >= 0.6 is 24.0 Å². The molecule has 2 heterocycles. The van der Waals surface area contributed by atoms with Gasteiger partial charge in [0.25, 0.3) is 0 Å². The molecular weight excluding hydrogens is 302 g/mol. The summed E-state index contributed by atoms with van der Waals surface area (Å²) >= 11 is 5.87. The average Bonchev–Trinajstić information content (AvgIpc) is 3.03. The highest BCUT2D eigenvalue weighted by Crippen LogP contribution is 2.28. The fourth-order valence-corrected chi connectivity index (χ4v) is 2.74. The Labute approximate surface area is 135 Å². The van der Waals surface area contributed by atoms with Crippen molar-refractivity contribution in [2.24, 2.45) is 5.73 Å². The van der Waals surface area contributed by atoms with Crippen molar-refractivity contribution in [3.8, 4) is 5.88 Å². The molecule has 21 heavy (non-hydrogen) atoms. The lowest BCUT2D eigenvalue weighted by Gasteiger charge is -2.16. The molecule has 114 valence electrons. The molecule has 2 aromatic heterocycles. The van der Waals surface area contributed by atoms with Crippen LogP contribution in [0.1, 0.15) is 24.3 Å². The van der Waals surface area contributed by atoms with Crippen LogP contribution in [0.2, 0.25) is 0 Å². The zero-order chi connectivity index (χ0) is 15.1. The SMILES string of the molecule is CC(Oc1ncccc1NCCC(N)CS)c1cccs1. The van der Waals surface area contributed by atoms with Crippen LogP contribution in [0.4, 0.5) is 5.69 Å². The van der Waals surface area contributed by atoms with Gasteiger partial charge in [-0.3, -0.25) is 0 Å². The van der Waals surface area contributed by atoms with Crippen molar-refractivity contribution in [2.45, 2.75) is 25.5 Å². The molecule has 4 nitrogen and oxygen atoms in total. The molecular formula is C15H21N3OS2. The summed E-state index contributed by atoms with van der Waals surface area (Å²) in [6.07, 6.45) is 2.58. The maximum Gasteiger partial charge on any atom is 0.237 e. The van der Waals surface area contributed by atoms with Crippen molar-refractivity contribution in [1.82, 2.24) is 4.98 Å². The number of nitrogens with zero attached hydrogens (tertiary/aromatic N) is 1. The molecule has 6 heteroatoms. The minimum absolute atomic E-state index is 0.0138. The molecule has 0 amide bonds. The van der Waals surface area contributed by atoms with Gasteiger partial charge in [-0.25, -0.2) is 4.98 Å². The van der Waals surface area contributed by atoms with E-state index in [4.69, 9.17) is 10.5 Å². The van der Waals surface area contributed by atoms with Gasteiger partial charge in [-0.15, -0.1) is 11.3 Å². The Bertz CT molecular complexity index is 533. The second-order valence-corrected chi connectivity index (χ2v) is 6.13. The van der Waals surface area contributed by atoms with Crippen molar-refractivity contribution >= 4 is 29.7 Å². The second kappa shape index (κ2) is 8.26. The van der Waals surface area contributed by atoms with E-state index in [-0.39, 0.29) is 12.1 Å². The van der Waals surface area contributed by atoms with E-state index < -0.39 is 0 Å². The van der Waals surface area contributed by atoms with E-state index in [1.165, 1.54) is 4.88 Å². The quantitative estimate of drug-likeness (QED) is 0.652. The van der Waals surface area contributed by atoms with E-state index in [0.29, 0.717) is 11.6 Å². The molecule has 0 saturated carbocycles. The summed E-state index contributed by atoms with van der Waals surface area (Å²) in [6.45, 7) is 2.80. The summed E-state index contributed by atoms with van der Waals surface area (Å²) in [6, 6.07) is 8.05. The number of nitrogens with two attached hydrogens (primary N) is 1. The van der Waals surface area contributed by atoms with Gasteiger partial charge in [0.05, 0.1) is 5.69 Å². The van der Waals surface area contributed by atoms with Crippen LogP contribution in [-0.4, -0.2) is 23.3 Å². The van der Waals surface area contributed by atoms with Gasteiger partial charge in [-0.2, -0.15) is 12.6 Å². The first kappa shape index (κ1) is 16.1. The van der Waals surface area contributed by atoms with E-state index in [1.807, 2.05) is 30.5 Å². The third kappa shape index (κ3) is 4.91. The molecule has 3 N–H and O–H groups in total. The van der Waals surface area contributed by atoms with Crippen molar-refractivity contribution in [2.75, 3.05) is 17.6 Å². The van der Waals surface area contributed by atoms with Crippen molar-refractivity contribution in [1.29, 1.82) is 0 Å². The Morgan fingerprint density at radius 1 is 1.43 bits per heavy atom. The fourth-order valence-electron chi connectivity index (χ4n) is 1.85. The number of anilines is 1. The summed E-state index contributed by atoms with van der Waals surface area (Å²) in [5.74, 6) is 1.31. The zero-order valence-corrected chi connectivity index (χ0v) is 13.7. The lowest BCUT2D eigenvalue weighted by atomic mass is 10.2. The van der Waals surface area contributed by atoms with Crippen LogP contribution in [0.5, 0.6) is 5.88 Å². The fraction of sp³-hybridized carbons (Fsp3) is 0.400. The molecule has 0 aromatic carbocycles. The maximum absolute atomic E-state index is 5.96. The summed E-state index contributed by atoms with van der Waals surface area (Å²) in [4.78, 5) is 5.50. The topological polar surface area (TPSA) is 60.2 Å². The Hall–Kier alpha value is -1.24. The van der Waals surface area contributed by atoms with Gasteiger partial charge < -0.3 is 15.8 Å². The van der Waals surface area contributed by atoms with Crippen LogP contribution in [0, 0.1) is 0 Å². The number of hydrogen-bond donors (Lipinski definition) is 3. The van der Waals surface area contributed by atoms with Gasteiger partial charge in [0.1, 0.15) is 6.10 Å². The van der Waals surface area contributed by atoms with Gasteiger partial charge in [0.2, 0.25) is 5.88 Å². The maximum atomic E-state index is 5.96. The summed E-state index contributed by atoms with van der Waals surface area (Å²) in [7, 11) is 0. The first-order chi connectivity index (χ1) is 10.2. The average molecular weight is 323 g/mol. The predicted molar refractivity (Wildman–Crippen MR) is 92.5 cm³/mol. The van der Waals surface area contributed by atoms with Crippen molar-refractivity contribution in [3.63, 3.8) is 0 Å². The van der Waals surface area contributed by atoms with Gasteiger partial charge >= 0.3 is 0 Å². The molecule has 2 rings (SSSR count). The molecule has 2 aromatic rings. The number of nitrogens with one attached hydrogen (secondary N) is 1. The molecule has 0 aliphatic heterocycles. The van der Waals surface area contributed by atoms with Crippen molar-refractivity contribution < 1.29 is 4.74 Å². The van der Waals surface area contributed by atoms with E-state index in [2.05, 4.69) is 29.0 Å². The molecule has 2 atom stereocenters. The summed E-state index contributed by atoms with van der Waals surface area (Å²) < 4.78 is 5.96. The normalized spacial score (nSPS) is 13.7. The Kier molecular flexibility index (Phi) is 6.35. The second-order valence-electron chi connectivity index (χ2n) is 4.79. The molecule has 0 radical (unpaired) electrons. The number of thiophene rings is 1. The van der Waals surface area contributed by atoms with Crippen LogP contribution < -0.4 is 15.8 Å². The highest BCUT2D eigenvalue weighted by atomic mass is 32.1. The van der Waals surface area contributed by atoms with Crippen LogP contribution in [0.25, 0.3) is 0 Å². The summed E-state index contributed by atoms with van der Waals surface area (Å²) in [5, 5.41) is 5.38. The van der Waals surface area contributed by atoms with Gasteiger partial charge in [0.15, 0.2) is 0 Å². The smallest absolute Gasteiger partial charge is 0.237 e. The number of ether oxygens (including phenoxy) is 1. The number of pyridine rings is 1. The third-order valence-corrected chi connectivity index (χ3v) is 4.57. The highest BCUT2D eigenvalue weighted by molar-refractivity contribution is 7.80. The number of thiol groups is 1. The molecule has 0 saturated heterocycles. The number of rotatable bonds is 8. The largest absolute Gasteiger partial charge is 0.467 e. The van der Waals surface area contributed by atoms with E-state index in [9.17, 15) is 0 Å². The highest BCUT2D eigenvalue weighted by Gasteiger charge is 2.12. The molecule has 0 aliphatic rings. The molecule has 0 spiro atoms. The minimum Gasteiger partial charge on any atom is -0.467 e. The van der Waals surface area contributed by atoms with E-state index >= 15 is 0 Å².